The molecule has 2 aromatic carbocycles. The number of rotatable bonds is 6. The standard InChI is InChI=1S/C32H46N2O2P2/c1-29(2,3)37(30(4,5)6)35-27-25(23-19-15-13-16-20-23)33-26(24-21-17-14-18-22-24)28(34-27)36-38(31(7,8)9)32(10,11)12/h13-22H,1-12H3. The van der Waals surface area contributed by atoms with Gasteiger partial charge >= 0.3 is 0 Å². The van der Waals surface area contributed by atoms with Crippen molar-refractivity contribution in [1.29, 1.82) is 0 Å². The first-order chi connectivity index (χ1) is 17.4. The number of benzene rings is 2. The molecule has 206 valence electrons. The summed E-state index contributed by atoms with van der Waals surface area (Å²) in [6, 6.07) is 20.4. The smallest absolute Gasteiger partial charge is 0.246 e. The summed E-state index contributed by atoms with van der Waals surface area (Å²) < 4.78 is 13.9. The molecule has 1 heterocycles. The van der Waals surface area contributed by atoms with Gasteiger partial charge in [0.15, 0.2) is 0 Å². The summed E-state index contributed by atoms with van der Waals surface area (Å²) in [7, 11) is -1.84. The van der Waals surface area contributed by atoms with E-state index in [4.69, 9.17) is 19.0 Å². The van der Waals surface area contributed by atoms with E-state index in [0.29, 0.717) is 11.8 Å². The second-order valence-corrected chi connectivity index (χ2v) is 20.6. The van der Waals surface area contributed by atoms with Gasteiger partial charge in [-0.2, -0.15) is 4.98 Å². The van der Waals surface area contributed by atoms with Crippen molar-refractivity contribution in [3.05, 3.63) is 60.7 Å². The van der Waals surface area contributed by atoms with E-state index in [9.17, 15) is 0 Å². The van der Waals surface area contributed by atoms with Crippen LogP contribution in [0.1, 0.15) is 83.1 Å². The quantitative estimate of drug-likeness (QED) is 0.285. The van der Waals surface area contributed by atoms with Crippen LogP contribution in [0.25, 0.3) is 22.5 Å². The molecule has 3 aromatic rings. The second-order valence-electron chi connectivity index (χ2n) is 13.7. The summed E-state index contributed by atoms with van der Waals surface area (Å²) in [5.41, 5.74) is 3.44. The molecule has 0 amide bonds. The largest absolute Gasteiger partial charge is 0.454 e. The summed E-state index contributed by atoms with van der Waals surface area (Å²) in [5, 5.41) is -0.199. The lowest BCUT2D eigenvalue weighted by Gasteiger charge is -2.40. The molecular formula is C32H46N2O2P2. The number of nitrogens with zero attached hydrogens (tertiary/aromatic N) is 2. The zero-order valence-electron chi connectivity index (χ0n) is 25.4. The van der Waals surface area contributed by atoms with Crippen LogP contribution >= 0.6 is 16.3 Å². The van der Waals surface area contributed by atoms with Gasteiger partial charge in [0.05, 0.1) is 0 Å². The highest BCUT2D eigenvalue weighted by Gasteiger charge is 2.41. The maximum atomic E-state index is 6.93. The van der Waals surface area contributed by atoms with Crippen LogP contribution in [-0.4, -0.2) is 30.6 Å². The second kappa shape index (κ2) is 11.2. The van der Waals surface area contributed by atoms with E-state index in [1.807, 2.05) is 36.4 Å². The van der Waals surface area contributed by atoms with Gasteiger partial charge in [0.1, 0.15) is 27.7 Å². The minimum absolute atomic E-state index is 0.0498. The van der Waals surface area contributed by atoms with Crippen LogP contribution in [0.15, 0.2) is 60.7 Å². The van der Waals surface area contributed by atoms with E-state index in [-0.39, 0.29) is 20.6 Å². The predicted octanol–water partition coefficient (Wildman–Crippen LogP) is 10.6. The Labute approximate surface area is 233 Å². The van der Waals surface area contributed by atoms with Crippen LogP contribution in [-0.2, 0) is 0 Å². The van der Waals surface area contributed by atoms with Gasteiger partial charge in [-0.15, -0.1) is 0 Å². The molecule has 0 N–H and O–H groups in total. The fraction of sp³-hybridized carbons (Fsp3) is 0.500. The highest BCUT2D eigenvalue weighted by atomic mass is 31.1. The Balaban J connectivity index is 2.33. The molecule has 0 bridgehead atoms. The lowest BCUT2D eigenvalue weighted by Crippen LogP contribution is -2.29. The number of aromatic nitrogens is 2. The van der Waals surface area contributed by atoms with Gasteiger partial charge in [-0.05, 0) is 0 Å². The predicted molar refractivity (Wildman–Crippen MR) is 167 cm³/mol. The molecule has 0 saturated heterocycles. The topological polar surface area (TPSA) is 44.2 Å². The zero-order chi connectivity index (χ0) is 28.5. The molecule has 0 aliphatic rings. The van der Waals surface area contributed by atoms with E-state index < -0.39 is 16.3 Å². The number of hydrogen-bond acceptors (Lipinski definition) is 4. The first kappa shape index (κ1) is 30.5. The minimum Gasteiger partial charge on any atom is -0.454 e. The molecule has 3 rings (SSSR count). The van der Waals surface area contributed by atoms with Crippen molar-refractivity contribution in [3.8, 4) is 34.3 Å². The summed E-state index contributed by atoms with van der Waals surface area (Å²) in [6.45, 7) is 26.9. The zero-order valence-corrected chi connectivity index (χ0v) is 27.2. The van der Waals surface area contributed by atoms with Crippen LogP contribution in [0.3, 0.4) is 0 Å². The summed E-state index contributed by atoms with van der Waals surface area (Å²) >= 11 is 0. The first-order valence-corrected chi connectivity index (χ1v) is 15.9. The Bertz CT molecular complexity index is 1080. The molecule has 0 spiro atoms. The van der Waals surface area contributed by atoms with E-state index >= 15 is 0 Å². The number of hydrogen-bond donors (Lipinski definition) is 0. The summed E-state index contributed by atoms with van der Waals surface area (Å²) in [5.74, 6) is 1.08. The molecule has 0 fully saturated rings. The van der Waals surface area contributed by atoms with Crippen molar-refractivity contribution in [1.82, 2.24) is 9.97 Å². The molecule has 0 aliphatic carbocycles. The molecule has 0 atom stereocenters. The molecule has 4 nitrogen and oxygen atoms in total. The molecule has 0 aliphatic heterocycles. The van der Waals surface area contributed by atoms with E-state index in [0.717, 1.165) is 22.5 Å². The average molecular weight is 553 g/mol. The fourth-order valence-electron chi connectivity index (χ4n) is 4.83. The summed E-state index contributed by atoms with van der Waals surface area (Å²) in [6.07, 6.45) is 0. The van der Waals surface area contributed by atoms with Crippen molar-refractivity contribution in [2.45, 2.75) is 104 Å². The Morgan fingerprint density at radius 2 is 0.737 bits per heavy atom. The third-order valence-electron chi connectivity index (χ3n) is 5.72. The Morgan fingerprint density at radius 1 is 0.447 bits per heavy atom. The van der Waals surface area contributed by atoms with Crippen molar-refractivity contribution < 1.29 is 9.05 Å². The van der Waals surface area contributed by atoms with Gasteiger partial charge in [0.2, 0.25) is 11.8 Å². The van der Waals surface area contributed by atoms with Gasteiger partial charge in [-0.3, -0.25) is 0 Å². The SMILES string of the molecule is CC(C)(C)P(Oc1nc(OP(C(C)(C)C)C(C)(C)C)c(-c2ccccc2)nc1-c1ccccc1)C(C)(C)C. The highest BCUT2D eigenvalue weighted by Crippen LogP contribution is 2.62. The maximum absolute atomic E-state index is 6.93. The van der Waals surface area contributed by atoms with Gasteiger partial charge < -0.3 is 9.05 Å². The Morgan fingerprint density at radius 3 is 1.00 bits per heavy atom. The Kier molecular flexibility index (Phi) is 9.02. The van der Waals surface area contributed by atoms with Crippen LogP contribution in [0.4, 0.5) is 0 Å². The highest BCUT2D eigenvalue weighted by molar-refractivity contribution is 7.56. The van der Waals surface area contributed by atoms with Crippen LogP contribution in [0.5, 0.6) is 11.8 Å². The van der Waals surface area contributed by atoms with Crippen molar-refractivity contribution >= 4 is 16.3 Å². The van der Waals surface area contributed by atoms with Gasteiger partial charge in [0.25, 0.3) is 0 Å². The van der Waals surface area contributed by atoms with Crippen molar-refractivity contribution in [3.63, 3.8) is 0 Å². The van der Waals surface area contributed by atoms with Crippen molar-refractivity contribution in [2.75, 3.05) is 0 Å². The molecular weight excluding hydrogens is 506 g/mol. The van der Waals surface area contributed by atoms with Crippen LogP contribution in [0.2, 0.25) is 0 Å². The van der Waals surface area contributed by atoms with Gasteiger partial charge in [-0.1, -0.05) is 144 Å². The van der Waals surface area contributed by atoms with Crippen LogP contribution < -0.4 is 9.05 Å². The fourth-order valence-corrected chi connectivity index (χ4v) is 10.6. The van der Waals surface area contributed by atoms with E-state index in [1.54, 1.807) is 0 Å². The minimum atomic E-state index is -0.920. The molecule has 38 heavy (non-hydrogen) atoms. The third-order valence-corrected chi connectivity index (χ3v) is 11.3. The molecule has 0 saturated carbocycles. The normalized spacial score (nSPS) is 13.2. The molecule has 6 heteroatoms. The average Bonchev–Trinajstić information content (AvgIpc) is 2.79. The molecule has 1 aromatic heterocycles. The lowest BCUT2D eigenvalue weighted by molar-refractivity contribution is 0.485. The van der Waals surface area contributed by atoms with Gasteiger partial charge in [0, 0.05) is 31.8 Å². The Hall–Kier alpha value is -2.02. The molecule has 0 unspecified atom stereocenters. The maximum Gasteiger partial charge on any atom is 0.246 e. The monoisotopic (exact) mass is 552 g/mol. The first-order valence-electron chi connectivity index (χ1n) is 13.4. The van der Waals surface area contributed by atoms with Crippen molar-refractivity contribution in [2.24, 2.45) is 0 Å². The lowest BCUT2D eigenvalue weighted by atomic mass is 10.1. The molecule has 0 radical (unpaired) electrons. The van der Waals surface area contributed by atoms with Gasteiger partial charge in [-0.25, -0.2) is 4.98 Å². The van der Waals surface area contributed by atoms with Crippen LogP contribution in [0, 0.1) is 0 Å². The third kappa shape index (κ3) is 7.55. The van der Waals surface area contributed by atoms with E-state index in [2.05, 4.69) is 107 Å². The summed E-state index contributed by atoms with van der Waals surface area (Å²) in [4.78, 5) is 10.4. The van der Waals surface area contributed by atoms with E-state index in [1.165, 1.54) is 0 Å².